The van der Waals surface area contributed by atoms with Crippen LogP contribution in [0.4, 0.5) is 34.1 Å². The van der Waals surface area contributed by atoms with Gasteiger partial charge in [0.25, 0.3) is 6.71 Å². The fourth-order valence-electron chi connectivity index (χ4n) is 11.7. The van der Waals surface area contributed by atoms with E-state index in [4.69, 9.17) is 0 Å². The zero-order valence-corrected chi connectivity index (χ0v) is 48.4. The lowest BCUT2D eigenvalue weighted by atomic mass is 9.36. The van der Waals surface area contributed by atoms with Gasteiger partial charge >= 0.3 is 0 Å². The normalized spacial score (nSPS) is 14.0. The molecule has 0 aliphatic carbocycles. The second kappa shape index (κ2) is 17.1. The van der Waals surface area contributed by atoms with Gasteiger partial charge in [-0.15, -0.1) is 22.7 Å². The summed E-state index contributed by atoms with van der Waals surface area (Å²) < 4.78 is 5.37. The van der Waals surface area contributed by atoms with E-state index in [-0.39, 0.29) is 33.8 Å². The van der Waals surface area contributed by atoms with Gasteiger partial charge in [-0.05, 0) is 155 Å². The minimum atomic E-state index is -0.0536. The molecule has 0 saturated heterocycles. The predicted octanol–water partition coefficient (Wildman–Crippen LogP) is 19.2. The first-order valence-electron chi connectivity index (χ1n) is 27.1. The first-order valence-corrected chi connectivity index (χ1v) is 28.7. The average molecular weight is 1020 g/mol. The molecule has 4 heterocycles. The molecule has 12 rings (SSSR count). The average Bonchev–Trinajstić information content (AvgIpc) is 3.98. The quantitative estimate of drug-likeness (QED) is 0.162. The van der Waals surface area contributed by atoms with Gasteiger partial charge in [-0.3, -0.25) is 0 Å². The summed E-state index contributed by atoms with van der Waals surface area (Å²) >= 11 is 3.88. The number of hydrogen-bond donors (Lipinski definition) is 0. The van der Waals surface area contributed by atoms with Crippen molar-refractivity contribution in [2.45, 2.75) is 131 Å². The van der Waals surface area contributed by atoms with Crippen molar-refractivity contribution in [1.29, 1.82) is 0 Å². The number of nitrogens with zero attached hydrogens (tertiary/aromatic N) is 2. The monoisotopic (exact) mass is 1010 g/mol. The molecule has 75 heavy (non-hydrogen) atoms. The van der Waals surface area contributed by atoms with E-state index in [9.17, 15) is 0 Å². The van der Waals surface area contributed by atoms with Crippen LogP contribution in [0, 0.1) is 0 Å². The van der Waals surface area contributed by atoms with Crippen LogP contribution in [0.5, 0.6) is 0 Å². The van der Waals surface area contributed by atoms with Gasteiger partial charge in [0.05, 0.1) is 11.4 Å². The molecule has 0 unspecified atom stereocenters. The fourth-order valence-corrected chi connectivity index (χ4v) is 14.1. The Morgan fingerprint density at radius 1 is 0.347 bits per heavy atom. The zero-order chi connectivity index (χ0) is 52.9. The van der Waals surface area contributed by atoms with E-state index in [1.807, 2.05) is 22.7 Å². The number of benzene rings is 8. The Morgan fingerprint density at radius 2 is 0.880 bits per heavy atom. The molecule has 0 radical (unpaired) electrons. The molecule has 0 saturated carbocycles. The van der Waals surface area contributed by atoms with E-state index in [2.05, 4.69) is 271 Å². The zero-order valence-electron chi connectivity index (χ0n) is 46.8. The number of hydrogen-bond acceptors (Lipinski definition) is 4. The lowest BCUT2D eigenvalue weighted by Gasteiger charge is -2.44. The third-order valence-electron chi connectivity index (χ3n) is 16.2. The van der Waals surface area contributed by atoms with Crippen molar-refractivity contribution in [3.63, 3.8) is 0 Å². The number of anilines is 6. The topological polar surface area (TPSA) is 6.48 Å². The molecular formula is C70H71BN2S2. The lowest BCUT2D eigenvalue weighted by molar-refractivity contribution is 0.569. The second-order valence-corrected chi connectivity index (χ2v) is 28.9. The van der Waals surface area contributed by atoms with E-state index in [1.54, 1.807) is 0 Å². The van der Waals surface area contributed by atoms with E-state index < -0.39 is 0 Å². The standard InChI is InChI=1S/C70H71BN2S2/c1-66(2,3)45-26-31-56(52(39-45)43-25-33-61-53(37-43)51-19-16-17-22-60(51)74-61)73-59-21-18-20-58-63(59)71(65-64(73)54-40-46(67(4,5)6)28-34-62(54)75-65)55-41-47(68(7,8)9)27-32-57(55)72(58)50-29-23-42(24-30-50)44-35-48(69(10,11)12)38-49(36-44)70(13,14)15/h16-41H,1-15H3. The SMILES string of the molecule is CC(C)(C)c1cc(-c2ccc(N3c4ccc(C(C)(C)C)cc4B4c5sc6ccc(C(C)(C)C)cc6c5N(c5ccc(C(C)(C)C)cc5-c5ccc6sc7ccccc7c6c5)c5cccc3c54)cc2)cc(C(C)(C)C)c1. The maximum atomic E-state index is 2.68. The lowest BCUT2D eigenvalue weighted by Crippen LogP contribution is -2.60. The van der Waals surface area contributed by atoms with Crippen LogP contribution in [0.2, 0.25) is 0 Å². The van der Waals surface area contributed by atoms with Crippen LogP contribution in [-0.2, 0) is 27.1 Å². The summed E-state index contributed by atoms with van der Waals surface area (Å²) in [5.74, 6) is 0. The highest BCUT2D eigenvalue weighted by atomic mass is 32.1. The van der Waals surface area contributed by atoms with E-state index in [0.29, 0.717) is 0 Å². The Hall–Kier alpha value is -6.40. The molecule has 8 aromatic carbocycles. The highest BCUT2D eigenvalue weighted by molar-refractivity contribution is 7.33. The van der Waals surface area contributed by atoms with Crippen LogP contribution < -0.4 is 25.5 Å². The summed E-state index contributed by atoms with van der Waals surface area (Å²) in [7, 11) is 0. The second-order valence-electron chi connectivity index (χ2n) is 26.8. The number of fused-ring (bicyclic) bond motifs is 9. The molecule has 0 amide bonds. The molecule has 0 bridgehead atoms. The van der Waals surface area contributed by atoms with Crippen molar-refractivity contribution in [2.75, 3.05) is 9.80 Å². The third-order valence-corrected chi connectivity index (χ3v) is 18.6. The van der Waals surface area contributed by atoms with Crippen LogP contribution in [-0.4, -0.2) is 6.71 Å². The molecule has 2 aromatic heterocycles. The molecule has 0 spiro atoms. The molecule has 2 aliphatic heterocycles. The van der Waals surface area contributed by atoms with Gasteiger partial charge in [0.15, 0.2) is 0 Å². The van der Waals surface area contributed by atoms with Crippen molar-refractivity contribution >= 4 is 109 Å². The van der Waals surface area contributed by atoms with Gasteiger partial charge < -0.3 is 9.80 Å². The molecule has 376 valence electrons. The minimum absolute atomic E-state index is 0.0209. The van der Waals surface area contributed by atoms with Crippen LogP contribution >= 0.6 is 22.7 Å². The van der Waals surface area contributed by atoms with Gasteiger partial charge in [0.1, 0.15) is 0 Å². The van der Waals surface area contributed by atoms with Crippen molar-refractivity contribution in [3.8, 4) is 22.3 Å². The Balaban J connectivity index is 1.13. The Kier molecular flexibility index (Phi) is 11.3. The fraction of sp³-hybridized carbons (Fsp3) is 0.286. The molecule has 0 atom stereocenters. The third kappa shape index (κ3) is 8.36. The highest BCUT2D eigenvalue weighted by Crippen LogP contribution is 2.52. The largest absolute Gasteiger partial charge is 0.311 e. The molecule has 10 aromatic rings. The molecule has 0 N–H and O–H groups in total. The van der Waals surface area contributed by atoms with Crippen molar-refractivity contribution in [1.82, 2.24) is 0 Å². The molecule has 5 heteroatoms. The van der Waals surface area contributed by atoms with Crippen molar-refractivity contribution < 1.29 is 0 Å². The summed E-state index contributed by atoms with van der Waals surface area (Å²) in [5.41, 5.74) is 21.8. The number of rotatable bonds is 4. The van der Waals surface area contributed by atoms with Gasteiger partial charge in [0.2, 0.25) is 0 Å². The summed E-state index contributed by atoms with van der Waals surface area (Å²) in [6, 6.07) is 61.9. The van der Waals surface area contributed by atoms with Gasteiger partial charge in [-0.25, -0.2) is 0 Å². The van der Waals surface area contributed by atoms with Crippen molar-refractivity contribution in [2.24, 2.45) is 0 Å². The van der Waals surface area contributed by atoms with E-state index in [0.717, 1.165) is 5.69 Å². The highest BCUT2D eigenvalue weighted by Gasteiger charge is 2.46. The molecule has 2 aliphatic rings. The maximum Gasteiger partial charge on any atom is 0.264 e. The van der Waals surface area contributed by atoms with Gasteiger partial charge in [-0.1, -0.05) is 189 Å². The van der Waals surface area contributed by atoms with Crippen molar-refractivity contribution in [3.05, 3.63) is 186 Å². The van der Waals surface area contributed by atoms with Crippen LogP contribution in [0.3, 0.4) is 0 Å². The van der Waals surface area contributed by atoms with Gasteiger partial charge in [0, 0.05) is 63.3 Å². The Labute approximate surface area is 455 Å². The minimum Gasteiger partial charge on any atom is -0.311 e. The molecule has 0 fully saturated rings. The molecule has 2 nitrogen and oxygen atoms in total. The summed E-state index contributed by atoms with van der Waals surface area (Å²) in [6.07, 6.45) is 0. The summed E-state index contributed by atoms with van der Waals surface area (Å²) in [4.78, 5) is 5.25. The van der Waals surface area contributed by atoms with E-state index >= 15 is 0 Å². The van der Waals surface area contributed by atoms with E-state index in [1.165, 1.54) is 124 Å². The Bertz CT molecular complexity index is 3890. The smallest absolute Gasteiger partial charge is 0.264 e. The first-order chi connectivity index (χ1) is 35.3. The summed E-state index contributed by atoms with van der Waals surface area (Å²) in [6.45, 7) is 35.1. The maximum absolute atomic E-state index is 2.68. The molecular weight excluding hydrogens is 944 g/mol. The van der Waals surface area contributed by atoms with Crippen LogP contribution in [0.15, 0.2) is 158 Å². The number of thiophene rings is 2. The first kappa shape index (κ1) is 49.5. The predicted molar refractivity (Wildman–Crippen MR) is 333 cm³/mol. The van der Waals surface area contributed by atoms with Crippen LogP contribution in [0.1, 0.15) is 132 Å². The summed E-state index contributed by atoms with van der Waals surface area (Å²) in [5, 5.41) is 3.96. The Morgan fingerprint density at radius 3 is 1.53 bits per heavy atom. The van der Waals surface area contributed by atoms with Gasteiger partial charge in [-0.2, -0.15) is 0 Å². The van der Waals surface area contributed by atoms with Crippen LogP contribution in [0.25, 0.3) is 52.5 Å².